The summed E-state index contributed by atoms with van der Waals surface area (Å²) >= 11 is 1.64. The van der Waals surface area contributed by atoms with E-state index in [1.54, 1.807) is 18.0 Å². The molecule has 3 atom stereocenters. The standard InChI is InChI=1S/C30H37N3O6S/c1-33-16-15-31-30(33)40-20-25-18-26(22-13-11-21(19-34)12-14-22)39-29(38-25)23-7-6-8-24(17-23)32-27(35)9-4-2-3-5-10-28(36)37/h6-8,11-17,25-26,29,34H,2-5,9-10,18-20H2,1H3,(H,32,35)(H,36,37)/t25-,26+,29+/m0/s1. The van der Waals surface area contributed by atoms with Gasteiger partial charge < -0.3 is 29.6 Å². The van der Waals surface area contributed by atoms with E-state index in [2.05, 4.69) is 10.3 Å². The third-order valence-electron chi connectivity index (χ3n) is 6.78. The van der Waals surface area contributed by atoms with Gasteiger partial charge >= 0.3 is 5.97 Å². The first-order valence-corrected chi connectivity index (χ1v) is 14.6. The smallest absolute Gasteiger partial charge is 0.303 e. The Labute approximate surface area is 238 Å². The highest BCUT2D eigenvalue weighted by Crippen LogP contribution is 2.39. The van der Waals surface area contributed by atoms with Crippen LogP contribution >= 0.6 is 11.8 Å². The number of carbonyl (C=O) groups is 2. The zero-order chi connectivity index (χ0) is 28.3. The number of carbonyl (C=O) groups excluding carboxylic acids is 1. The zero-order valence-corrected chi connectivity index (χ0v) is 23.5. The predicted molar refractivity (Wildman–Crippen MR) is 153 cm³/mol. The topological polar surface area (TPSA) is 123 Å². The normalized spacial score (nSPS) is 18.9. The van der Waals surface area contributed by atoms with Crippen molar-refractivity contribution in [2.45, 2.75) is 75.2 Å². The van der Waals surface area contributed by atoms with E-state index < -0.39 is 12.3 Å². The number of ether oxygens (including phenoxy) is 2. The molecule has 0 unspecified atom stereocenters. The van der Waals surface area contributed by atoms with Gasteiger partial charge in [0.25, 0.3) is 0 Å². The van der Waals surface area contributed by atoms with Crippen LogP contribution in [0.25, 0.3) is 0 Å². The number of aliphatic hydroxyl groups excluding tert-OH is 1. The summed E-state index contributed by atoms with van der Waals surface area (Å²) in [6.45, 7) is -0.0102. The number of anilines is 1. The molecule has 9 nitrogen and oxygen atoms in total. The van der Waals surface area contributed by atoms with Gasteiger partial charge in [0.2, 0.25) is 5.91 Å². The second kappa shape index (κ2) is 15.0. The van der Waals surface area contributed by atoms with E-state index in [4.69, 9.17) is 14.6 Å². The maximum absolute atomic E-state index is 12.5. The van der Waals surface area contributed by atoms with E-state index >= 15 is 0 Å². The molecule has 0 aliphatic carbocycles. The lowest BCUT2D eigenvalue weighted by atomic mass is 10.0. The first-order valence-electron chi connectivity index (χ1n) is 13.6. The molecular formula is C30H37N3O6S. The lowest BCUT2D eigenvalue weighted by molar-refractivity contribution is -0.245. The van der Waals surface area contributed by atoms with Crippen LogP contribution in [0.4, 0.5) is 5.69 Å². The minimum absolute atomic E-state index is 0.0102. The molecule has 1 aliphatic heterocycles. The van der Waals surface area contributed by atoms with Gasteiger partial charge in [-0.25, -0.2) is 4.98 Å². The van der Waals surface area contributed by atoms with Gasteiger partial charge in [-0.3, -0.25) is 9.59 Å². The number of nitrogens with one attached hydrogen (secondary N) is 1. The Morgan fingerprint density at radius 3 is 2.52 bits per heavy atom. The van der Waals surface area contributed by atoms with Crippen molar-refractivity contribution in [3.63, 3.8) is 0 Å². The average molecular weight is 568 g/mol. The van der Waals surface area contributed by atoms with Gasteiger partial charge in [0.15, 0.2) is 11.4 Å². The van der Waals surface area contributed by atoms with Crippen LogP contribution in [0.1, 0.15) is 74.0 Å². The van der Waals surface area contributed by atoms with Crippen molar-refractivity contribution in [1.82, 2.24) is 9.55 Å². The summed E-state index contributed by atoms with van der Waals surface area (Å²) < 4.78 is 14.8. The summed E-state index contributed by atoms with van der Waals surface area (Å²) in [7, 11) is 1.97. The number of benzene rings is 2. The van der Waals surface area contributed by atoms with Crippen LogP contribution < -0.4 is 5.32 Å². The number of aliphatic hydroxyl groups is 1. The Bertz CT molecular complexity index is 1250. The fourth-order valence-electron chi connectivity index (χ4n) is 4.58. The number of aryl methyl sites for hydroxylation is 1. The maximum Gasteiger partial charge on any atom is 0.303 e. The van der Waals surface area contributed by atoms with Crippen LogP contribution in [-0.2, 0) is 32.7 Å². The van der Waals surface area contributed by atoms with Crippen molar-refractivity contribution < 1.29 is 29.3 Å². The van der Waals surface area contributed by atoms with Crippen LogP contribution in [0, 0.1) is 0 Å². The number of hydrogen-bond acceptors (Lipinski definition) is 7. The molecule has 0 radical (unpaired) electrons. The van der Waals surface area contributed by atoms with Gasteiger partial charge in [-0.2, -0.15) is 0 Å². The molecular weight excluding hydrogens is 530 g/mol. The van der Waals surface area contributed by atoms with Crippen molar-refractivity contribution in [2.75, 3.05) is 11.1 Å². The first-order chi connectivity index (χ1) is 19.4. The third kappa shape index (κ3) is 8.92. The molecule has 1 saturated heterocycles. The summed E-state index contributed by atoms with van der Waals surface area (Å²) in [5.74, 6) is -0.154. The van der Waals surface area contributed by atoms with E-state index in [1.807, 2.05) is 66.3 Å². The molecule has 10 heteroatoms. The highest BCUT2D eigenvalue weighted by atomic mass is 32.2. The molecule has 0 bridgehead atoms. The molecule has 2 aromatic carbocycles. The van der Waals surface area contributed by atoms with Crippen LogP contribution in [0.5, 0.6) is 0 Å². The number of unbranched alkanes of at least 4 members (excludes halogenated alkanes) is 3. The minimum atomic E-state index is -0.785. The fourth-order valence-corrected chi connectivity index (χ4v) is 5.53. The number of carboxylic acids is 1. The SMILES string of the molecule is Cn1ccnc1SC[C@@H]1C[C@H](c2ccc(CO)cc2)O[C@H](c2cccc(NC(=O)CCCCCCC(=O)O)c2)O1. The van der Waals surface area contributed by atoms with Gasteiger partial charge in [-0.1, -0.05) is 61.0 Å². The summed E-state index contributed by atoms with van der Waals surface area (Å²) in [4.78, 5) is 27.5. The van der Waals surface area contributed by atoms with Crippen molar-refractivity contribution in [3.05, 3.63) is 77.6 Å². The molecule has 2 heterocycles. The Kier molecular flexibility index (Phi) is 11.2. The number of hydrogen-bond donors (Lipinski definition) is 3. The van der Waals surface area contributed by atoms with Gasteiger partial charge in [0.1, 0.15) is 0 Å². The number of amides is 1. The van der Waals surface area contributed by atoms with Crippen LogP contribution in [0.15, 0.2) is 66.1 Å². The quantitative estimate of drug-likeness (QED) is 0.170. The van der Waals surface area contributed by atoms with Crippen molar-refractivity contribution in [3.8, 4) is 0 Å². The molecule has 214 valence electrons. The molecule has 40 heavy (non-hydrogen) atoms. The number of rotatable bonds is 14. The van der Waals surface area contributed by atoms with E-state index in [1.165, 1.54) is 0 Å². The molecule has 1 amide bonds. The van der Waals surface area contributed by atoms with Crippen LogP contribution in [-0.4, -0.2) is 43.5 Å². The monoisotopic (exact) mass is 567 g/mol. The summed E-state index contributed by atoms with van der Waals surface area (Å²) in [6, 6.07) is 15.3. The molecule has 1 fully saturated rings. The number of imidazole rings is 1. The molecule has 1 aromatic heterocycles. The fraction of sp³-hybridized carbons (Fsp3) is 0.433. The van der Waals surface area contributed by atoms with E-state index in [0.29, 0.717) is 37.1 Å². The number of aliphatic carboxylic acids is 1. The van der Waals surface area contributed by atoms with E-state index in [-0.39, 0.29) is 31.1 Å². The number of nitrogens with zero attached hydrogens (tertiary/aromatic N) is 2. The van der Waals surface area contributed by atoms with Gasteiger partial charge in [-0.05, 0) is 36.1 Å². The Morgan fingerprint density at radius 2 is 1.82 bits per heavy atom. The Hall–Kier alpha value is -3.18. The lowest BCUT2D eigenvalue weighted by Crippen LogP contribution is -2.31. The van der Waals surface area contributed by atoms with E-state index in [0.717, 1.165) is 34.7 Å². The van der Waals surface area contributed by atoms with Crippen molar-refractivity contribution in [1.29, 1.82) is 0 Å². The minimum Gasteiger partial charge on any atom is -0.481 e. The summed E-state index contributed by atoms with van der Waals surface area (Å²) in [5, 5.41) is 22.0. The Balaban J connectivity index is 1.40. The van der Waals surface area contributed by atoms with Gasteiger partial charge in [0, 0.05) is 55.7 Å². The summed E-state index contributed by atoms with van der Waals surface area (Å²) in [6.07, 6.45) is 6.98. The van der Waals surface area contributed by atoms with Gasteiger partial charge in [0.05, 0.1) is 18.8 Å². The predicted octanol–water partition coefficient (Wildman–Crippen LogP) is 5.61. The molecule has 0 spiro atoms. The van der Waals surface area contributed by atoms with Crippen LogP contribution in [0.3, 0.4) is 0 Å². The molecule has 0 saturated carbocycles. The first kappa shape index (κ1) is 29.8. The second-order valence-corrected chi connectivity index (χ2v) is 11.0. The van der Waals surface area contributed by atoms with Crippen molar-refractivity contribution >= 4 is 29.3 Å². The third-order valence-corrected chi connectivity index (χ3v) is 7.97. The molecule has 4 rings (SSSR count). The molecule has 3 aromatic rings. The maximum atomic E-state index is 12.5. The zero-order valence-electron chi connectivity index (χ0n) is 22.7. The molecule has 1 aliphatic rings. The molecule has 3 N–H and O–H groups in total. The number of aromatic nitrogens is 2. The Morgan fingerprint density at radius 1 is 1.05 bits per heavy atom. The number of thioether (sulfide) groups is 1. The highest BCUT2D eigenvalue weighted by molar-refractivity contribution is 7.99. The average Bonchev–Trinajstić information content (AvgIpc) is 3.38. The largest absolute Gasteiger partial charge is 0.481 e. The lowest BCUT2D eigenvalue weighted by Gasteiger charge is -2.36. The van der Waals surface area contributed by atoms with Crippen LogP contribution in [0.2, 0.25) is 0 Å². The highest BCUT2D eigenvalue weighted by Gasteiger charge is 2.32. The number of carboxylic acid groups (broad SMARTS) is 1. The second-order valence-electron chi connectivity index (χ2n) is 9.96. The summed E-state index contributed by atoms with van der Waals surface area (Å²) in [5.41, 5.74) is 3.35. The van der Waals surface area contributed by atoms with Crippen molar-refractivity contribution in [2.24, 2.45) is 7.05 Å². The van der Waals surface area contributed by atoms with E-state index in [9.17, 15) is 14.7 Å². The van der Waals surface area contributed by atoms with Gasteiger partial charge in [-0.15, -0.1) is 0 Å².